The van der Waals surface area contributed by atoms with Crippen LogP contribution in [0.3, 0.4) is 0 Å². The van der Waals surface area contributed by atoms with Gasteiger partial charge in [0.25, 0.3) is 0 Å². The predicted octanol–water partition coefficient (Wildman–Crippen LogP) is 0.477. The fourth-order valence-electron chi connectivity index (χ4n) is 1.00. The Hall–Kier alpha value is -2.24. The van der Waals surface area contributed by atoms with Crippen molar-refractivity contribution >= 4 is 17.4 Å². The summed E-state index contributed by atoms with van der Waals surface area (Å²) in [6, 6.07) is 1.56. The summed E-state index contributed by atoms with van der Waals surface area (Å²) in [5.41, 5.74) is 11.9. The molecule has 0 saturated carbocycles. The van der Waals surface area contributed by atoms with Crippen LogP contribution in [0.2, 0.25) is 0 Å². The van der Waals surface area contributed by atoms with E-state index in [0.717, 1.165) is 0 Å². The fraction of sp³-hybridized carbons (Fsp3) is 0.111. The average Bonchev–Trinajstić information content (AvgIpc) is 2.16. The molecule has 6 heteroatoms. The van der Waals surface area contributed by atoms with Gasteiger partial charge in [0.15, 0.2) is 0 Å². The standard InChI is InChI=1S/C9H13N5O/c1-5(10)14-8-3-7(11)6(4-13-8)9(12)15-2/h3-4,12H,1,10H2,2H3,(H3,11,13,14). The molecule has 0 bridgehead atoms. The number of nitrogens with one attached hydrogen (secondary N) is 2. The Morgan fingerprint density at radius 2 is 2.33 bits per heavy atom. The smallest absolute Gasteiger partial charge is 0.216 e. The number of nitrogens with zero attached hydrogens (tertiary/aromatic N) is 1. The topological polar surface area (TPSA) is 110 Å². The van der Waals surface area contributed by atoms with Gasteiger partial charge in [-0.1, -0.05) is 6.58 Å². The van der Waals surface area contributed by atoms with Crippen LogP contribution in [0.4, 0.5) is 11.5 Å². The van der Waals surface area contributed by atoms with E-state index in [1.807, 2.05) is 0 Å². The molecule has 0 unspecified atom stereocenters. The number of ether oxygens (including phenoxy) is 1. The van der Waals surface area contributed by atoms with Crippen LogP contribution in [0.25, 0.3) is 0 Å². The van der Waals surface area contributed by atoms with Crippen LogP contribution in [0.1, 0.15) is 5.56 Å². The van der Waals surface area contributed by atoms with Crippen LogP contribution < -0.4 is 16.8 Å². The first-order valence-electron chi connectivity index (χ1n) is 4.14. The van der Waals surface area contributed by atoms with Crippen molar-refractivity contribution in [2.75, 3.05) is 18.2 Å². The molecule has 0 spiro atoms. The number of nitrogens with two attached hydrogens (primary N) is 2. The van der Waals surface area contributed by atoms with E-state index in [1.165, 1.54) is 13.3 Å². The summed E-state index contributed by atoms with van der Waals surface area (Å²) in [5, 5.41) is 10.1. The van der Waals surface area contributed by atoms with Crippen LogP contribution in [0.15, 0.2) is 24.7 Å². The molecular weight excluding hydrogens is 194 g/mol. The number of anilines is 2. The molecule has 6 nitrogen and oxygen atoms in total. The largest absolute Gasteiger partial charge is 0.481 e. The second-order valence-electron chi connectivity index (χ2n) is 2.84. The molecule has 0 aliphatic carbocycles. The molecule has 0 aromatic carbocycles. The third kappa shape index (κ3) is 2.60. The highest BCUT2D eigenvalue weighted by molar-refractivity contribution is 5.96. The van der Waals surface area contributed by atoms with E-state index in [4.69, 9.17) is 21.6 Å². The maximum absolute atomic E-state index is 7.43. The summed E-state index contributed by atoms with van der Waals surface area (Å²) < 4.78 is 4.74. The zero-order chi connectivity index (χ0) is 11.4. The summed E-state index contributed by atoms with van der Waals surface area (Å²) >= 11 is 0. The number of rotatable bonds is 3. The lowest BCUT2D eigenvalue weighted by molar-refractivity contribution is 0.401. The number of pyridine rings is 1. The van der Waals surface area contributed by atoms with E-state index < -0.39 is 0 Å². The number of aromatic nitrogens is 1. The number of nitrogen functional groups attached to an aromatic ring is 1. The SMILES string of the molecule is C=C(N)Nc1cc(N)c(C(=N)OC)cn1. The van der Waals surface area contributed by atoms with Gasteiger partial charge < -0.3 is 21.5 Å². The zero-order valence-corrected chi connectivity index (χ0v) is 8.37. The summed E-state index contributed by atoms with van der Waals surface area (Å²) in [6.07, 6.45) is 1.44. The van der Waals surface area contributed by atoms with Gasteiger partial charge >= 0.3 is 0 Å². The van der Waals surface area contributed by atoms with Crippen LogP contribution in [-0.4, -0.2) is 18.0 Å². The molecule has 1 rings (SSSR count). The summed E-state index contributed by atoms with van der Waals surface area (Å²) in [4.78, 5) is 4.00. The Morgan fingerprint density at radius 3 is 2.80 bits per heavy atom. The second-order valence-corrected chi connectivity index (χ2v) is 2.84. The van der Waals surface area contributed by atoms with Crippen molar-refractivity contribution in [3.05, 3.63) is 30.2 Å². The van der Waals surface area contributed by atoms with Gasteiger partial charge in [0.05, 0.1) is 18.5 Å². The van der Waals surface area contributed by atoms with E-state index in [2.05, 4.69) is 16.9 Å². The van der Waals surface area contributed by atoms with E-state index in [1.54, 1.807) is 6.07 Å². The maximum Gasteiger partial charge on any atom is 0.216 e. The molecule has 1 heterocycles. The Bertz CT molecular complexity index is 401. The zero-order valence-electron chi connectivity index (χ0n) is 8.37. The molecule has 0 amide bonds. The summed E-state index contributed by atoms with van der Waals surface area (Å²) in [5.74, 6) is 0.724. The normalized spacial score (nSPS) is 9.40. The first-order valence-corrected chi connectivity index (χ1v) is 4.14. The molecule has 0 radical (unpaired) electrons. The van der Waals surface area contributed by atoms with Gasteiger partial charge in [-0.15, -0.1) is 0 Å². The fourth-order valence-corrected chi connectivity index (χ4v) is 1.00. The third-order valence-corrected chi connectivity index (χ3v) is 1.67. The lowest BCUT2D eigenvalue weighted by Gasteiger charge is -2.08. The van der Waals surface area contributed by atoms with Gasteiger partial charge in [-0.2, -0.15) is 0 Å². The molecule has 0 aliphatic rings. The van der Waals surface area contributed by atoms with Gasteiger partial charge in [-0.25, -0.2) is 4.98 Å². The van der Waals surface area contributed by atoms with Gasteiger partial charge in [0.2, 0.25) is 5.90 Å². The molecule has 0 atom stereocenters. The van der Waals surface area contributed by atoms with E-state index in [9.17, 15) is 0 Å². The predicted molar refractivity (Wildman–Crippen MR) is 59.4 cm³/mol. The highest BCUT2D eigenvalue weighted by Gasteiger charge is 2.07. The van der Waals surface area contributed by atoms with Crippen molar-refractivity contribution in [1.82, 2.24) is 4.98 Å². The number of hydrogen-bond acceptors (Lipinski definition) is 6. The minimum atomic E-state index is -0.0295. The Balaban J connectivity index is 2.97. The molecule has 80 valence electrons. The number of methoxy groups -OCH3 is 1. The van der Waals surface area contributed by atoms with E-state index in [-0.39, 0.29) is 11.7 Å². The van der Waals surface area contributed by atoms with Gasteiger partial charge in [0.1, 0.15) is 5.82 Å². The molecule has 0 saturated heterocycles. The van der Waals surface area contributed by atoms with Crippen LogP contribution in [-0.2, 0) is 4.74 Å². The summed E-state index contributed by atoms with van der Waals surface area (Å²) in [7, 11) is 1.40. The molecule has 15 heavy (non-hydrogen) atoms. The van der Waals surface area contributed by atoms with Crippen molar-refractivity contribution in [2.24, 2.45) is 5.73 Å². The Morgan fingerprint density at radius 1 is 1.67 bits per heavy atom. The summed E-state index contributed by atoms with van der Waals surface area (Å²) in [6.45, 7) is 3.47. The third-order valence-electron chi connectivity index (χ3n) is 1.67. The minimum Gasteiger partial charge on any atom is -0.481 e. The van der Waals surface area contributed by atoms with Crippen LogP contribution in [0.5, 0.6) is 0 Å². The highest BCUT2D eigenvalue weighted by Crippen LogP contribution is 2.16. The van der Waals surface area contributed by atoms with Gasteiger partial charge in [-0.05, 0) is 0 Å². The van der Waals surface area contributed by atoms with Gasteiger partial charge in [-0.3, -0.25) is 5.41 Å². The molecule has 0 fully saturated rings. The molecular formula is C9H13N5O. The highest BCUT2D eigenvalue weighted by atomic mass is 16.5. The monoisotopic (exact) mass is 207 g/mol. The van der Waals surface area contributed by atoms with E-state index in [0.29, 0.717) is 17.1 Å². The first kappa shape index (κ1) is 10.8. The molecule has 1 aromatic heterocycles. The molecule has 6 N–H and O–H groups in total. The van der Waals surface area contributed by atoms with Crippen molar-refractivity contribution in [3.8, 4) is 0 Å². The Labute approximate surface area is 87.4 Å². The lowest BCUT2D eigenvalue weighted by atomic mass is 10.2. The quantitative estimate of drug-likeness (QED) is 0.425. The average molecular weight is 207 g/mol. The van der Waals surface area contributed by atoms with Crippen LogP contribution in [0, 0.1) is 5.41 Å². The van der Waals surface area contributed by atoms with Gasteiger partial charge in [0, 0.05) is 18.0 Å². The number of hydrogen-bond donors (Lipinski definition) is 4. The first-order chi connectivity index (χ1) is 7.04. The van der Waals surface area contributed by atoms with Crippen LogP contribution >= 0.6 is 0 Å². The Kier molecular flexibility index (Phi) is 3.12. The van der Waals surface area contributed by atoms with Crippen molar-refractivity contribution in [1.29, 1.82) is 5.41 Å². The maximum atomic E-state index is 7.43. The van der Waals surface area contributed by atoms with Crippen molar-refractivity contribution in [3.63, 3.8) is 0 Å². The van der Waals surface area contributed by atoms with E-state index >= 15 is 0 Å². The minimum absolute atomic E-state index is 0.0295. The van der Waals surface area contributed by atoms with Crippen molar-refractivity contribution < 1.29 is 4.74 Å². The molecule has 0 aliphatic heterocycles. The van der Waals surface area contributed by atoms with Crippen molar-refractivity contribution in [2.45, 2.75) is 0 Å². The lowest BCUT2D eigenvalue weighted by Crippen LogP contribution is -2.11. The second kappa shape index (κ2) is 4.32. The molecule has 1 aromatic rings.